The molecule has 0 bridgehead atoms. The lowest BCUT2D eigenvalue weighted by atomic mass is 10.1. The third kappa shape index (κ3) is 5.04. The van der Waals surface area contributed by atoms with Gasteiger partial charge in [-0.1, -0.05) is 33.8 Å². The standard InChI is InChI=1S/C12H16N2O.C11H12N2O2/c1-8(2)5-12-13-10-4-3-9(7-15)6-11(10)14-12;1-6(2)10-12-8-4-3-7(11(14)15)5-9(8)13-10/h3-4,6,8,15H,5,7H2,1-2H3,(H,13,14);3-6H,1-2H3,(H,12,13)(H,14,15). The Morgan fingerprint density at radius 3 is 2.27 bits per heavy atom. The Hall–Kier alpha value is -3.19. The fourth-order valence-electron chi connectivity index (χ4n) is 3.13. The lowest BCUT2D eigenvalue weighted by molar-refractivity contribution is 0.0697. The minimum atomic E-state index is -0.919. The van der Waals surface area contributed by atoms with E-state index in [1.165, 1.54) is 0 Å². The van der Waals surface area contributed by atoms with E-state index in [1.807, 2.05) is 32.0 Å². The van der Waals surface area contributed by atoms with E-state index >= 15 is 0 Å². The lowest BCUT2D eigenvalue weighted by Crippen LogP contribution is -1.95. The van der Waals surface area contributed by atoms with Gasteiger partial charge in [-0.2, -0.15) is 0 Å². The molecule has 2 heterocycles. The summed E-state index contributed by atoms with van der Waals surface area (Å²) in [4.78, 5) is 26.0. The van der Waals surface area contributed by atoms with Crippen LogP contribution < -0.4 is 0 Å². The first kappa shape index (κ1) is 21.5. The molecule has 4 rings (SSSR count). The van der Waals surface area contributed by atoms with E-state index in [-0.39, 0.29) is 12.2 Å². The van der Waals surface area contributed by atoms with Gasteiger partial charge in [0.2, 0.25) is 0 Å². The molecule has 158 valence electrons. The van der Waals surface area contributed by atoms with Crippen LogP contribution >= 0.6 is 0 Å². The van der Waals surface area contributed by atoms with Gasteiger partial charge in [0.15, 0.2) is 0 Å². The number of hydrogen-bond donors (Lipinski definition) is 4. The largest absolute Gasteiger partial charge is 0.478 e. The fourth-order valence-corrected chi connectivity index (χ4v) is 3.13. The molecule has 0 aliphatic carbocycles. The van der Waals surface area contributed by atoms with Crippen LogP contribution in [0.25, 0.3) is 22.1 Å². The molecule has 0 fully saturated rings. The van der Waals surface area contributed by atoms with E-state index in [1.54, 1.807) is 18.2 Å². The van der Waals surface area contributed by atoms with Crippen molar-refractivity contribution in [2.24, 2.45) is 5.92 Å². The summed E-state index contributed by atoms with van der Waals surface area (Å²) in [6.45, 7) is 8.50. The molecule has 7 heteroatoms. The molecule has 0 aliphatic heterocycles. The molecule has 0 spiro atoms. The number of rotatable bonds is 5. The average Bonchev–Trinajstić information content (AvgIpc) is 3.29. The molecule has 0 saturated carbocycles. The highest BCUT2D eigenvalue weighted by Gasteiger charge is 2.09. The number of imidazole rings is 2. The number of nitrogens with one attached hydrogen (secondary N) is 2. The summed E-state index contributed by atoms with van der Waals surface area (Å²) in [5.74, 6) is 1.90. The summed E-state index contributed by atoms with van der Waals surface area (Å²) in [5, 5.41) is 17.8. The van der Waals surface area contributed by atoms with Gasteiger partial charge in [-0.3, -0.25) is 0 Å². The molecular formula is C23H28N4O3. The van der Waals surface area contributed by atoms with Crippen molar-refractivity contribution in [2.75, 3.05) is 0 Å². The average molecular weight is 409 g/mol. The van der Waals surface area contributed by atoms with Crippen LogP contribution in [0.2, 0.25) is 0 Å². The Kier molecular flexibility index (Phi) is 6.52. The first-order valence-corrected chi connectivity index (χ1v) is 10.1. The highest BCUT2D eigenvalue weighted by atomic mass is 16.4. The molecule has 4 aromatic rings. The minimum Gasteiger partial charge on any atom is -0.478 e. The number of fused-ring (bicyclic) bond motifs is 2. The number of aromatic amines is 2. The Morgan fingerprint density at radius 2 is 1.63 bits per heavy atom. The summed E-state index contributed by atoms with van der Waals surface area (Å²) in [5.41, 5.74) is 4.77. The maximum Gasteiger partial charge on any atom is 0.335 e. The van der Waals surface area contributed by atoms with Gasteiger partial charge in [0, 0.05) is 12.3 Å². The van der Waals surface area contributed by atoms with Crippen molar-refractivity contribution in [3.63, 3.8) is 0 Å². The van der Waals surface area contributed by atoms with Crippen molar-refractivity contribution in [1.82, 2.24) is 19.9 Å². The second-order valence-electron chi connectivity index (χ2n) is 8.10. The maximum absolute atomic E-state index is 10.8. The van der Waals surface area contributed by atoms with Crippen molar-refractivity contribution in [1.29, 1.82) is 0 Å². The summed E-state index contributed by atoms with van der Waals surface area (Å²) in [6.07, 6.45) is 0.961. The van der Waals surface area contributed by atoms with E-state index in [0.717, 1.165) is 45.7 Å². The minimum absolute atomic E-state index is 0.0779. The third-order valence-corrected chi connectivity index (χ3v) is 4.67. The van der Waals surface area contributed by atoms with Gasteiger partial charge >= 0.3 is 5.97 Å². The van der Waals surface area contributed by atoms with E-state index in [2.05, 4.69) is 33.8 Å². The predicted molar refractivity (Wildman–Crippen MR) is 118 cm³/mol. The number of aromatic nitrogens is 4. The highest BCUT2D eigenvalue weighted by Crippen LogP contribution is 2.18. The molecule has 2 aromatic carbocycles. The van der Waals surface area contributed by atoms with Gasteiger partial charge in [0.05, 0.1) is 34.2 Å². The Balaban J connectivity index is 0.000000171. The van der Waals surface area contributed by atoms with Gasteiger partial charge in [-0.25, -0.2) is 14.8 Å². The molecule has 4 N–H and O–H groups in total. The summed E-state index contributed by atoms with van der Waals surface area (Å²) >= 11 is 0. The number of hydrogen-bond acceptors (Lipinski definition) is 4. The van der Waals surface area contributed by atoms with E-state index in [0.29, 0.717) is 11.8 Å². The van der Waals surface area contributed by atoms with Gasteiger partial charge in [0.25, 0.3) is 0 Å². The molecule has 0 saturated heterocycles. The number of nitrogens with zero attached hydrogens (tertiary/aromatic N) is 2. The van der Waals surface area contributed by atoms with Crippen LogP contribution in [0.5, 0.6) is 0 Å². The fraction of sp³-hybridized carbons (Fsp3) is 0.348. The Morgan fingerprint density at radius 1 is 0.967 bits per heavy atom. The zero-order valence-electron chi connectivity index (χ0n) is 17.7. The van der Waals surface area contributed by atoms with Gasteiger partial charge in [-0.15, -0.1) is 0 Å². The first-order valence-electron chi connectivity index (χ1n) is 10.1. The molecule has 0 aliphatic rings. The zero-order valence-corrected chi connectivity index (χ0v) is 17.7. The zero-order chi connectivity index (χ0) is 21.8. The summed E-state index contributed by atoms with van der Waals surface area (Å²) in [6, 6.07) is 10.7. The molecule has 7 nitrogen and oxygen atoms in total. The van der Waals surface area contributed by atoms with Crippen LogP contribution in [0.1, 0.15) is 61.2 Å². The topological polar surface area (TPSA) is 115 Å². The number of carboxylic acids is 1. The van der Waals surface area contributed by atoms with E-state index < -0.39 is 5.97 Å². The Bertz CT molecular complexity index is 1160. The Labute approximate surface area is 175 Å². The number of carboxylic acid groups (broad SMARTS) is 1. The van der Waals surface area contributed by atoms with Crippen LogP contribution in [-0.4, -0.2) is 36.1 Å². The van der Waals surface area contributed by atoms with Crippen molar-refractivity contribution < 1.29 is 15.0 Å². The lowest BCUT2D eigenvalue weighted by Gasteiger charge is -1.98. The number of H-pyrrole nitrogens is 2. The van der Waals surface area contributed by atoms with E-state index in [4.69, 9.17) is 10.2 Å². The van der Waals surface area contributed by atoms with Crippen LogP contribution in [0.3, 0.4) is 0 Å². The third-order valence-electron chi connectivity index (χ3n) is 4.67. The van der Waals surface area contributed by atoms with Gasteiger partial charge in [0.1, 0.15) is 11.6 Å². The van der Waals surface area contributed by atoms with Gasteiger partial charge < -0.3 is 20.2 Å². The molecular weight excluding hydrogens is 380 g/mol. The number of aliphatic hydroxyl groups is 1. The quantitative estimate of drug-likeness (QED) is 0.384. The molecule has 0 radical (unpaired) electrons. The van der Waals surface area contributed by atoms with Crippen LogP contribution in [0.4, 0.5) is 0 Å². The van der Waals surface area contributed by atoms with E-state index in [9.17, 15) is 4.79 Å². The second-order valence-corrected chi connectivity index (χ2v) is 8.10. The molecule has 30 heavy (non-hydrogen) atoms. The van der Waals surface area contributed by atoms with Crippen LogP contribution in [0.15, 0.2) is 36.4 Å². The van der Waals surface area contributed by atoms with Crippen molar-refractivity contribution >= 4 is 28.0 Å². The molecule has 0 amide bonds. The van der Waals surface area contributed by atoms with Crippen molar-refractivity contribution in [3.05, 3.63) is 59.2 Å². The highest BCUT2D eigenvalue weighted by molar-refractivity contribution is 5.92. The molecule has 2 aromatic heterocycles. The first-order chi connectivity index (χ1) is 14.3. The summed E-state index contributed by atoms with van der Waals surface area (Å²) in [7, 11) is 0. The van der Waals surface area contributed by atoms with Gasteiger partial charge in [-0.05, 0) is 41.8 Å². The number of carbonyl (C=O) groups is 1. The second kappa shape index (κ2) is 9.09. The monoisotopic (exact) mass is 408 g/mol. The van der Waals surface area contributed by atoms with Crippen molar-refractivity contribution in [2.45, 2.75) is 46.6 Å². The normalized spacial score (nSPS) is 11.3. The van der Waals surface area contributed by atoms with Crippen molar-refractivity contribution in [3.8, 4) is 0 Å². The smallest absolute Gasteiger partial charge is 0.335 e. The maximum atomic E-state index is 10.8. The van der Waals surface area contributed by atoms with Crippen LogP contribution in [-0.2, 0) is 13.0 Å². The number of aromatic carboxylic acids is 1. The SMILES string of the molecule is CC(C)Cc1nc2ccc(CO)cc2[nH]1.CC(C)c1nc2ccc(C(=O)O)cc2[nH]1. The predicted octanol–water partition coefficient (Wildman–Crippen LogP) is 4.64. The number of aliphatic hydroxyl groups excluding tert-OH is 1. The molecule has 0 unspecified atom stereocenters. The summed E-state index contributed by atoms with van der Waals surface area (Å²) < 4.78 is 0. The number of benzene rings is 2. The van der Waals surface area contributed by atoms with Crippen LogP contribution in [0, 0.1) is 5.92 Å². The molecule has 0 atom stereocenters.